The van der Waals surface area contributed by atoms with Gasteiger partial charge in [-0.05, 0) is 52.5 Å². The summed E-state index contributed by atoms with van der Waals surface area (Å²) >= 11 is 4.39. The average molecular weight is 577 g/mol. The van der Waals surface area contributed by atoms with Crippen molar-refractivity contribution in [3.63, 3.8) is 0 Å². The Morgan fingerprint density at radius 2 is 2.00 bits per heavy atom. The van der Waals surface area contributed by atoms with Gasteiger partial charge in [-0.15, -0.1) is 11.3 Å². The summed E-state index contributed by atoms with van der Waals surface area (Å²) in [5.74, 6) is -1.70. The monoisotopic (exact) mass is 576 g/mol. The number of carboxylic acids is 2. The molecule has 0 amide bonds. The van der Waals surface area contributed by atoms with Crippen LogP contribution in [0.2, 0.25) is 0 Å². The summed E-state index contributed by atoms with van der Waals surface area (Å²) < 4.78 is 5.63. The van der Waals surface area contributed by atoms with Crippen molar-refractivity contribution < 1.29 is 29.5 Å². The number of rotatable bonds is 9. The number of thiophene rings is 1. The van der Waals surface area contributed by atoms with Crippen molar-refractivity contribution in [1.82, 2.24) is 4.98 Å². The fourth-order valence-electron chi connectivity index (χ4n) is 3.90. The fraction of sp³-hybridized carbons (Fsp3) is 0.261. The molecule has 0 aliphatic carbocycles. The molecule has 36 heavy (non-hydrogen) atoms. The number of nitrogens with zero attached hydrogens (tertiary/aromatic N) is 3. The lowest BCUT2D eigenvalue weighted by Gasteiger charge is -2.33. The number of anilines is 2. The summed E-state index contributed by atoms with van der Waals surface area (Å²) in [6, 6.07) is 10.9. The van der Waals surface area contributed by atoms with Crippen LogP contribution in [0, 0.1) is 10.1 Å². The van der Waals surface area contributed by atoms with Crippen LogP contribution in [-0.2, 0) is 4.79 Å². The first-order chi connectivity index (χ1) is 17.2. The van der Waals surface area contributed by atoms with Gasteiger partial charge in [0.05, 0.1) is 14.3 Å². The molecule has 1 fully saturated rings. The largest absolute Gasteiger partial charge is 0.479 e. The number of nitrogens with one attached hydrogen (secondary N) is 1. The summed E-state index contributed by atoms with van der Waals surface area (Å²) in [5.41, 5.74) is 1.59. The Labute approximate surface area is 217 Å². The van der Waals surface area contributed by atoms with Crippen molar-refractivity contribution in [2.24, 2.45) is 0 Å². The maximum absolute atomic E-state index is 11.7. The van der Waals surface area contributed by atoms with Gasteiger partial charge in [0.1, 0.15) is 12.0 Å². The van der Waals surface area contributed by atoms with Gasteiger partial charge < -0.3 is 25.2 Å². The van der Waals surface area contributed by atoms with E-state index < -0.39 is 23.5 Å². The van der Waals surface area contributed by atoms with Gasteiger partial charge in [-0.1, -0.05) is 12.1 Å². The van der Waals surface area contributed by atoms with E-state index in [-0.39, 0.29) is 22.4 Å². The molecule has 3 aromatic rings. The quantitative estimate of drug-likeness (QED) is 0.240. The topological polar surface area (TPSA) is 155 Å². The Bertz CT molecular complexity index is 1290. The summed E-state index contributed by atoms with van der Waals surface area (Å²) in [6.07, 6.45) is 2.94. The van der Waals surface area contributed by atoms with E-state index in [1.807, 2.05) is 24.3 Å². The number of aromatic nitrogens is 1. The smallest absolute Gasteiger partial charge is 0.349 e. The molecule has 3 N–H and O–H groups in total. The molecule has 1 aliphatic heterocycles. The lowest BCUT2D eigenvalue weighted by atomic mass is 10.0. The predicted molar refractivity (Wildman–Crippen MR) is 137 cm³/mol. The van der Waals surface area contributed by atoms with Crippen molar-refractivity contribution >= 4 is 56.4 Å². The third kappa shape index (κ3) is 5.74. The first kappa shape index (κ1) is 25.4. The maximum atomic E-state index is 11.7. The molecule has 13 heteroatoms. The Hall–Kier alpha value is -3.71. The molecule has 0 atom stereocenters. The second-order valence-electron chi connectivity index (χ2n) is 8.01. The molecule has 1 aromatic carbocycles. The highest BCUT2D eigenvalue weighted by atomic mass is 79.9. The Balaban J connectivity index is 1.44. The van der Waals surface area contributed by atoms with E-state index in [4.69, 9.17) is 9.84 Å². The fourth-order valence-corrected chi connectivity index (χ4v) is 5.79. The number of hydrogen-bond donors (Lipinski definition) is 3. The van der Waals surface area contributed by atoms with Gasteiger partial charge in [-0.2, -0.15) is 0 Å². The number of carbonyl (C=O) groups is 2. The van der Waals surface area contributed by atoms with E-state index in [2.05, 4.69) is 31.1 Å². The number of aliphatic carboxylic acids is 1. The number of pyridine rings is 1. The Morgan fingerprint density at radius 1 is 1.25 bits per heavy atom. The molecule has 1 saturated heterocycles. The van der Waals surface area contributed by atoms with Crippen molar-refractivity contribution in [2.45, 2.75) is 18.9 Å². The van der Waals surface area contributed by atoms with Gasteiger partial charge in [-0.25, -0.2) is 14.6 Å². The predicted octanol–water partition coefficient (Wildman–Crippen LogP) is 4.72. The first-order valence-electron chi connectivity index (χ1n) is 10.9. The molecular weight excluding hydrogens is 556 g/mol. The minimum absolute atomic E-state index is 0.00418. The van der Waals surface area contributed by atoms with Gasteiger partial charge in [0, 0.05) is 30.9 Å². The van der Waals surface area contributed by atoms with Gasteiger partial charge >= 0.3 is 11.9 Å². The summed E-state index contributed by atoms with van der Waals surface area (Å²) in [7, 11) is 0. The SMILES string of the molecule is O=C(O)COc1c(C(=O)O)sc(-c2cccc(NC3CCN(c4ccc([N+](=O)[O-])cn4)CC3)c2)c1Br. The Morgan fingerprint density at radius 3 is 2.61 bits per heavy atom. The minimum Gasteiger partial charge on any atom is -0.479 e. The van der Waals surface area contributed by atoms with Gasteiger partial charge in [0.2, 0.25) is 0 Å². The van der Waals surface area contributed by atoms with Crippen LogP contribution >= 0.6 is 27.3 Å². The molecule has 1 aliphatic rings. The highest BCUT2D eigenvalue weighted by Gasteiger charge is 2.25. The summed E-state index contributed by atoms with van der Waals surface area (Å²) in [5, 5.41) is 32.8. The number of hydrogen-bond acceptors (Lipinski definition) is 9. The van der Waals surface area contributed by atoms with Crippen molar-refractivity contribution in [3.8, 4) is 16.2 Å². The second kappa shape index (κ2) is 10.9. The number of nitro groups is 1. The Kier molecular flexibility index (Phi) is 7.70. The molecule has 0 saturated carbocycles. The minimum atomic E-state index is -1.20. The van der Waals surface area contributed by atoms with Gasteiger partial charge in [0.25, 0.3) is 5.69 Å². The van der Waals surface area contributed by atoms with Crippen LogP contribution in [0.15, 0.2) is 47.1 Å². The van der Waals surface area contributed by atoms with Crippen LogP contribution < -0.4 is 15.0 Å². The molecule has 0 bridgehead atoms. The highest BCUT2D eigenvalue weighted by molar-refractivity contribution is 9.10. The molecular formula is C23H21BrN4O7S. The van der Waals surface area contributed by atoms with Crippen molar-refractivity contribution in [2.75, 3.05) is 29.9 Å². The van der Waals surface area contributed by atoms with E-state index in [0.717, 1.165) is 48.5 Å². The lowest BCUT2D eigenvalue weighted by Crippen LogP contribution is -2.39. The average Bonchev–Trinajstić information content (AvgIpc) is 3.20. The van der Waals surface area contributed by atoms with Crippen LogP contribution in [0.25, 0.3) is 10.4 Å². The van der Waals surface area contributed by atoms with Crippen LogP contribution in [-0.4, -0.2) is 57.8 Å². The van der Waals surface area contributed by atoms with E-state index in [1.165, 1.54) is 12.3 Å². The number of aromatic carboxylic acids is 1. The zero-order chi connectivity index (χ0) is 25.8. The molecule has 0 unspecified atom stereocenters. The van der Waals surface area contributed by atoms with Crippen molar-refractivity contribution in [3.05, 3.63) is 62.1 Å². The van der Waals surface area contributed by atoms with Crippen LogP contribution in [0.3, 0.4) is 0 Å². The van der Waals surface area contributed by atoms with Crippen LogP contribution in [0.5, 0.6) is 5.75 Å². The van der Waals surface area contributed by atoms with E-state index >= 15 is 0 Å². The second-order valence-corrected chi connectivity index (χ2v) is 9.82. The van der Waals surface area contributed by atoms with Gasteiger partial charge in [0.15, 0.2) is 17.2 Å². The van der Waals surface area contributed by atoms with E-state index in [0.29, 0.717) is 15.2 Å². The number of benzene rings is 1. The van der Waals surface area contributed by atoms with Crippen molar-refractivity contribution in [1.29, 1.82) is 0 Å². The van der Waals surface area contributed by atoms with E-state index in [1.54, 1.807) is 6.07 Å². The number of halogens is 1. The lowest BCUT2D eigenvalue weighted by molar-refractivity contribution is -0.385. The third-order valence-corrected chi connectivity index (χ3v) is 7.83. The zero-order valence-corrected chi connectivity index (χ0v) is 21.1. The first-order valence-corrected chi connectivity index (χ1v) is 12.5. The zero-order valence-electron chi connectivity index (χ0n) is 18.7. The molecule has 0 radical (unpaired) electrons. The molecule has 0 spiro atoms. The summed E-state index contributed by atoms with van der Waals surface area (Å²) in [4.78, 5) is 39.8. The number of ether oxygens (including phenoxy) is 1. The van der Waals surface area contributed by atoms with E-state index in [9.17, 15) is 24.8 Å². The molecule has 11 nitrogen and oxygen atoms in total. The summed E-state index contributed by atoms with van der Waals surface area (Å²) in [6.45, 7) is 0.834. The molecule has 4 rings (SSSR count). The van der Waals surface area contributed by atoms with Gasteiger partial charge in [-0.3, -0.25) is 10.1 Å². The third-order valence-electron chi connectivity index (χ3n) is 5.60. The number of carboxylic acid groups (broad SMARTS) is 2. The molecule has 2 aromatic heterocycles. The molecule has 3 heterocycles. The van der Waals surface area contributed by atoms with Crippen LogP contribution in [0.1, 0.15) is 22.5 Å². The highest BCUT2D eigenvalue weighted by Crippen LogP contribution is 2.46. The molecule has 188 valence electrons. The standard InChI is InChI=1S/C23H21BrN4O7S/c24-19-20(35-12-18(29)30)22(23(31)32)36-21(19)13-2-1-3-15(10-13)26-14-6-8-27(9-7-14)17-5-4-16(11-25-17)28(33)34/h1-5,10-11,14,26H,6-9,12H2,(H,29,30)(H,31,32). The number of piperidine rings is 1. The normalized spacial score (nSPS) is 13.9. The van der Waals surface area contributed by atoms with Crippen LogP contribution in [0.4, 0.5) is 17.2 Å². The maximum Gasteiger partial charge on any atom is 0.349 e.